The molecule has 20 heavy (non-hydrogen) atoms. The summed E-state index contributed by atoms with van der Waals surface area (Å²) in [6, 6.07) is 1.27. The Kier molecular flexibility index (Phi) is 4.19. The van der Waals surface area contributed by atoms with Crippen LogP contribution in [0.1, 0.15) is 12.5 Å². The lowest BCUT2D eigenvalue weighted by molar-refractivity contribution is 0.171. The summed E-state index contributed by atoms with van der Waals surface area (Å²) in [6.45, 7) is 5.67. The van der Waals surface area contributed by atoms with Crippen molar-refractivity contribution < 1.29 is 13.9 Å². The molecule has 0 fully saturated rings. The minimum atomic E-state index is -0.548. The maximum atomic E-state index is 12.0. The lowest BCUT2D eigenvalue weighted by atomic mass is 10.1. The van der Waals surface area contributed by atoms with Crippen molar-refractivity contribution in [1.29, 1.82) is 0 Å². The molecule has 106 valence electrons. The Balaban J connectivity index is 2.39. The van der Waals surface area contributed by atoms with Gasteiger partial charge in [0.25, 0.3) is 11.6 Å². The highest BCUT2D eigenvalue weighted by Crippen LogP contribution is 2.13. The van der Waals surface area contributed by atoms with Gasteiger partial charge in [-0.2, -0.15) is 4.98 Å². The molecule has 7 heteroatoms. The zero-order valence-electron chi connectivity index (χ0n) is 11.0. The van der Waals surface area contributed by atoms with Crippen LogP contribution in [-0.4, -0.2) is 23.2 Å². The third-order valence-corrected chi connectivity index (χ3v) is 2.61. The summed E-state index contributed by atoms with van der Waals surface area (Å²) < 4.78 is 15.0. The number of aromatic nitrogens is 2. The molecule has 0 spiro atoms. The van der Waals surface area contributed by atoms with Gasteiger partial charge in [-0.15, -0.1) is 0 Å². The van der Waals surface area contributed by atoms with E-state index in [1.807, 2.05) is 6.92 Å². The SMILES string of the molecule is C=COCCOc1nc2oc(=O)cc(CC)c2c(=O)[nH]1. The molecule has 0 aliphatic carbocycles. The molecule has 0 unspecified atom stereocenters. The Bertz CT molecular complexity index is 732. The van der Waals surface area contributed by atoms with E-state index in [9.17, 15) is 9.59 Å². The number of nitrogens with one attached hydrogen (secondary N) is 1. The van der Waals surface area contributed by atoms with E-state index in [-0.39, 0.29) is 30.3 Å². The second-order valence-electron chi connectivity index (χ2n) is 3.88. The molecular formula is C13H14N2O5. The molecule has 2 rings (SSSR count). The molecule has 7 nitrogen and oxygen atoms in total. The summed E-state index contributed by atoms with van der Waals surface area (Å²) in [7, 11) is 0. The van der Waals surface area contributed by atoms with Crippen molar-refractivity contribution in [1.82, 2.24) is 9.97 Å². The largest absolute Gasteiger partial charge is 0.498 e. The van der Waals surface area contributed by atoms with Crippen LogP contribution < -0.4 is 15.9 Å². The Morgan fingerprint density at radius 3 is 2.95 bits per heavy atom. The highest BCUT2D eigenvalue weighted by atomic mass is 16.5. The average Bonchev–Trinajstić information content (AvgIpc) is 2.42. The number of aromatic amines is 1. The molecule has 0 aliphatic rings. The zero-order chi connectivity index (χ0) is 14.5. The molecule has 0 amide bonds. The number of hydrogen-bond donors (Lipinski definition) is 1. The van der Waals surface area contributed by atoms with Crippen LogP contribution in [0.25, 0.3) is 11.1 Å². The molecule has 2 heterocycles. The van der Waals surface area contributed by atoms with Crippen molar-refractivity contribution in [2.24, 2.45) is 0 Å². The predicted molar refractivity (Wildman–Crippen MR) is 71.9 cm³/mol. The predicted octanol–water partition coefficient (Wildman–Crippen LogP) is 0.978. The van der Waals surface area contributed by atoms with E-state index in [0.717, 1.165) is 0 Å². The summed E-state index contributed by atoms with van der Waals surface area (Å²) in [5.74, 6) is 0. The molecule has 0 aliphatic heterocycles. The van der Waals surface area contributed by atoms with Gasteiger partial charge >= 0.3 is 5.63 Å². The highest BCUT2D eigenvalue weighted by Gasteiger charge is 2.12. The molecule has 2 aromatic heterocycles. The first-order valence-corrected chi connectivity index (χ1v) is 6.08. The number of ether oxygens (including phenoxy) is 2. The van der Waals surface area contributed by atoms with Crippen molar-refractivity contribution in [3.8, 4) is 6.01 Å². The molecule has 0 atom stereocenters. The van der Waals surface area contributed by atoms with E-state index in [0.29, 0.717) is 12.0 Å². The molecule has 0 saturated carbocycles. The van der Waals surface area contributed by atoms with Crippen LogP contribution in [0.3, 0.4) is 0 Å². The van der Waals surface area contributed by atoms with Gasteiger partial charge < -0.3 is 13.9 Å². The molecule has 0 saturated heterocycles. The molecule has 0 radical (unpaired) electrons. The smallest absolute Gasteiger partial charge is 0.337 e. The normalized spacial score (nSPS) is 10.4. The Labute approximate surface area is 113 Å². The van der Waals surface area contributed by atoms with Crippen LogP contribution >= 0.6 is 0 Å². The van der Waals surface area contributed by atoms with Crippen molar-refractivity contribution in [2.75, 3.05) is 13.2 Å². The Hall–Kier alpha value is -2.57. The van der Waals surface area contributed by atoms with Crippen LogP contribution in [0, 0.1) is 0 Å². The minimum absolute atomic E-state index is 0.0217. The Morgan fingerprint density at radius 2 is 2.25 bits per heavy atom. The van der Waals surface area contributed by atoms with E-state index in [2.05, 4.69) is 16.5 Å². The van der Waals surface area contributed by atoms with E-state index in [4.69, 9.17) is 13.9 Å². The zero-order valence-corrected chi connectivity index (χ0v) is 11.0. The fourth-order valence-corrected chi connectivity index (χ4v) is 1.75. The Morgan fingerprint density at radius 1 is 1.45 bits per heavy atom. The number of rotatable bonds is 6. The number of fused-ring (bicyclic) bond motifs is 1. The van der Waals surface area contributed by atoms with Crippen molar-refractivity contribution in [2.45, 2.75) is 13.3 Å². The van der Waals surface area contributed by atoms with E-state index in [1.54, 1.807) is 0 Å². The van der Waals surface area contributed by atoms with Gasteiger partial charge in [0.05, 0.1) is 6.26 Å². The van der Waals surface area contributed by atoms with Crippen LogP contribution in [-0.2, 0) is 11.2 Å². The summed E-state index contributed by atoms with van der Waals surface area (Å²) in [5, 5.41) is 0.266. The van der Waals surface area contributed by atoms with Crippen molar-refractivity contribution >= 4 is 11.1 Å². The summed E-state index contributed by atoms with van der Waals surface area (Å²) >= 11 is 0. The van der Waals surface area contributed by atoms with Gasteiger partial charge in [-0.25, -0.2) is 4.79 Å². The topological polar surface area (TPSA) is 94.4 Å². The summed E-state index contributed by atoms with van der Waals surface area (Å²) in [5.41, 5.74) is -0.395. The minimum Gasteiger partial charge on any atom is -0.498 e. The lowest BCUT2D eigenvalue weighted by Gasteiger charge is -2.06. The van der Waals surface area contributed by atoms with Gasteiger partial charge in [0.15, 0.2) is 0 Å². The van der Waals surface area contributed by atoms with Crippen LogP contribution in [0.5, 0.6) is 6.01 Å². The van der Waals surface area contributed by atoms with Gasteiger partial charge in [-0.05, 0) is 12.0 Å². The maximum absolute atomic E-state index is 12.0. The number of aryl methyl sites for hydroxylation is 1. The van der Waals surface area contributed by atoms with Crippen LogP contribution in [0.4, 0.5) is 0 Å². The first kappa shape index (κ1) is 13.9. The fourth-order valence-electron chi connectivity index (χ4n) is 1.75. The van der Waals surface area contributed by atoms with Crippen molar-refractivity contribution in [3.63, 3.8) is 0 Å². The van der Waals surface area contributed by atoms with Crippen LogP contribution in [0.15, 0.2) is 32.9 Å². The summed E-state index contributed by atoms with van der Waals surface area (Å²) in [4.78, 5) is 29.9. The van der Waals surface area contributed by atoms with Gasteiger partial charge in [0.2, 0.25) is 5.71 Å². The first-order valence-electron chi connectivity index (χ1n) is 6.08. The number of hydrogen-bond acceptors (Lipinski definition) is 6. The highest BCUT2D eigenvalue weighted by molar-refractivity contribution is 5.75. The van der Waals surface area contributed by atoms with E-state index in [1.165, 1.54) is 12.3 Å². The lowest BCUT2D eigenvalue weighted by Crippen LogP contribution is -2.16. The molecular weight excluding hydrogens is 264 g/mol. The van der Waals surface area contributed by atoms with E-state index < -0.39 is 11.2 Å². The molecule has 0 aromatic carbocycles. The number of H-pyrrole nitrogens is 1. The van der Waals surface area contributed by atoms with E-state index >= 15 is 0 Å². The van der Waals surface area contributed by atoms with Gasteiger partial charge in [-0.1, -0.05) is 13.5 Å². The second-order valence-corrected chi connectivity index (χ2v) is 3.88. The first-order chi connectivity index (χ1) is 9.65. The van der Waals surface area contributed by atoms with Gasteiger partial charge in [0, 0.05) is 6.07 Å². The van der Waals surface area contributed by atoms with Gasteiger partial charge in [0.1, 0.15) is 18.6 Å². The second kappa shape index (κ2) is 6.05. The van der Waals surface area contributed by atoms with Crippen LogP contribution in [0.2, 0.25) is 0 Å². The molecule has 2 aromatic rings. The van der Waals surface area contributed by atoms with Gasteiger partial charge in [-0.3, -0.25) is 9.78 Å². The maximum Gasteiger partial charge on any atom is 0.337 e. The summed E-state index contributed by atoms with van der Waals surface area (Å²) in [6.07, 6.45) is 1.81. The molecule has 0 bridgehead atoms. The quantitative estimate of drug-likeness (QED) is 0.625. The standard InChI is InChI=1S/C13H14N2O5/c1-3-8-7-9(16)20-12-10(8)11(17)14-13(15-12)19-6-5-18-4-2/h4,7H,2-3,5-6H2,1H3,(H,14,15,17). The number of nitrogens with zero attached hydrogens (tertiary/aromatic N) is 1. The third-order valence-electron chi connectivity index (χ3n) is 2.61. The fraction of sp³-hybridized carbons (Fsp3) is 0.308. The average molecular weight is 278 g/mol. The molecule has 1 N–H and O–H groups in total. The van der Waals surface area contributed by atoms with Crippen molar-refractivity contribution in [3.05, 3.63) is 45.2 Å². The monoisotopic (exact) mass is 278 g/mol. The third kappa shape index (κ3) is 2.87.